The fraction of sp³-hybridized carbons (Fsp3) is 0.133. The van der Waals surface area contributed by atoms with Crippen LogP contribution in [0.25, 0.3) is 0 Å². The second-order valence-electron chi connectivity index (χ2n) is 4.29. The van der Waals surface area contributed by atoms with Crippen molar-refractivity contribution in [2.24, 2.45) is 4.99 Å². The number of benzene rings is 2. The summed E-state index contributed by atoms with van der Waals surface area (Å²) < 4.78 is 0. The van der Waals surface area contributed by atoms with Gasteiger partial charge in [0, 0.05) is 5.69 Å². The molecule has 0 aliphatic carbocycles. The Labute approximate surface area is 107 Å². The van der Waals surface area contributed by atoms with Crippen LogP contribution in [0, 0.1) is 0 Å². The van der Waals surface area contributed by atoms with Gasteiger partial charge in [-0.3, -0.25) is 4.99 Å². The second-order valence-corrected chi connectivity index (χ2v) is 4.29. The molecule has 1 heterocycles. The van der Waals surface area contributed by atoms with E-state index in [1.807, 2.05) is 36.4 Å². The number of nitrogens with zero attached hydrogens (tertiary/aromatic N) is 1. The number of hydrogen-bond acceptors (Lipinski definition) is 3. The zero-order chi connectivity index (χ0) is 12.2. The summed E-state index contributed by atoms with van der Waals surface area (Å²) in [5.74, 6) is 0.843. The van der Waals surface area contributed by atoms with Crippen LogP contribution in [-0.2, 0) is 0 Å². The van der Waals surface area contributed by atoms with E-state index in [4.69, 9.17) is 0 Å². The predicted molar refractivity (Wildman–Crippen MR) is 74.7 cm³/mol. The predicted octanol–water partition coefficient (Wildman–Crippen LogP) is 2.80. The summed E-state index contributed by atoms with van der Waals surface area (Å²) in [5.41, 5.74) is 2.32. The third-order valence-corrected chi connectivity index (χ3v) is 2.98. The average molecular weight is 237 g/mol. The molecule has 1 atom stereocenters. The number of rotatable bonds is 2. The van der Waals surface area contributed by atoms with Gasteiger partial charge in [0.1, 0.15) is 0 Å². The molecule has 0 aromatic heterocycles. The Morgan fingerprint density at radius 3 is 2.33 bits per heavy atom. The molecule has 2 aromatic rings. The molecule has 0 bridgehead atoms. The maximum atomic E-state index is 4.48. The van der Waals surface area contributed by atoms with E-state index < -0.39 is 0 Å². The van der Waals surface area contributed by atoms with Crippen LogP contribution in [0.3, 0.4) is 0 Å². The fourth-order valence-electron chi connectivity index (χ4n) is 2.05. The van der Waals surface area contributed by atoms with Gasteiger partial charge in [-0.15, -0.1) is 0 Å². The fourth-order valence-corrected chi connectivity index (χ4v) is 2.05. The molecule has 0 unspecified atom stereocenters. The van der Waals surface area contributed by atoms with Crippen molar-refractivity contribution in [3.05, 3.63) is 66.2 Å². The highest BCUT2D eigenvalue weighted by molar-refractivity contribution is 5.95. The molecular formula is C15H15N3. The molecule has 0 saturated carbocycles. The Bertz CT molecular complexity index is 534. The standard InChI is InChI=1S/C15H15N3/c1-3-7-12(8-4-1)14-11-16-15(18-14)17-13-9-5-2-6-10-13/h1-10,14H,11H2,(H2,16,17,18)/t14-/m1/s1. The lowest BCUT2D eigenvalue weighted by Gasteiger charge is -2.12. The highest BCUT2D eigenvalue weighted by Gasteiger charge is 2.18. The highest BCUT2D eigenvalue weighted by Crippen LogP contribution is 2.17. The van der Waals surface area contributed by atoms with Crippen molar-refractivity contribution < 1.29 is 0 Å². The zero-order valence-electron chi connectivity index (χ0n) is 10.0. The minimum atomic E-state index is 0.275. The van der Waals surface area contributed by atoms with Crippen LogP contribution in [0.15, 0.2) is 65.7 Å². The van der Waals surface area contributed by atoms with Crippen LogP contribution < -0.4 is 10.6 Å². The van der Waals surface area contributed by atoms with Gasteiger partial charge in [0.05, 0.1) is 12.6 Å². The van der Waals surface area contributed by atoms with E-state index in [0.717, 1.165) is 18.2 Å². The summed E-state index contributed by atoms with van der Waals surface area (Å²) in [5, 5.41) is 6.67. The molecule has 3 rings (SSSR count). The smallest absolute Gasteiger partial charge is 0.196 e. The van der Waals surface area contributed by atoms with E-state index in [9.17, 15) is 0 Å². The first-order valence-corrected chi connectivity index (χ1v) is 6.10. The highest BCUT2D eigenvalue weighted by atomic mass is 15.2. The summed E-state index contributed by atoms with van der Waals surface area (Å²) >= 11 is 0. The van der Waals surface area contributed by atoms with Crippen LogP contribution in [0.2, 0.25) is 0 Å². The molecule has 3 heteroatoms. The minimum Gasteiger partial charge on any atom is -0.347 e. The molecule has 0 amide bonds. The molecule has 2 N–H and O–H groups in total. The Hall–Kier alpha value is -2.29. The Balaban J connectivity index is 1.65. The van der Waals surface area contributed by atoms with Crippen molar-refractivity contribution in [2.75, 3.05) is 11.9 Å². The molecule has 18 heavy (non-hydrogen) atoms. The van der Waals surface area contributed by atoms with E-state index in [0.29, 0.717) is 0 Å². The quantitative estimate of drug-likeness (QED) is 0.842. The Kier molecular flexibility index (Phi) is 2.96. The number of anilines is 1. The largest absolute Gasteiger partial charge is 0.347 e. The molecule has 1 aliphatic rings. The van der Waals surface area contributed by atoms with E-state index in [1.165, 1.54) is 5.56 Å². The molecule has 3 nitrogen and oxygen atoms in total. The van der Waals surface area contributed by atoms with Gasteiger partial charge < -0.3 is 10.6 Å². The van der Waals surface area contributed by atoms with Gasteiger partial charge in [-0.1, -0.05) is 48.5 Å². The third kappa shape index (κ3) is 2.35. The van der Waals surface area contributed by atoms with E-state index in [1.54, 1.807) is 0 Å². The maximum absolute atomic E-state index is 4.48. The molecule has 1 aliphatic heterocycles. The summed E-state index contributed by atoms with van der Waals surface area (Å²) in [6.07, 6.45) is 0. The number of nitrogens with one attached hydrogen (secondary N) is 2. The maximum Gasteiger partial charge on any atom is 0.196 e. The monoisotopic (exact) mass is 237 g/mol. The van der Waals surface area contributed by atoms with Crippen molar-refractivity contribution in [3.63, 3.8) is 0 Å². The number of para-hydroxylation sites is 1. The first kappa shape index (κ1) is 10.8. The average Bonchev–Trinajstić information content (AvgIpc) is 2.89. The van der Waals surface area contributed by atoms with Crippen molar-refractivity contribution in [1.29, 1.82) is 0 Å². The van der Waals surface area contributed by atoms with Gasteiger partial charge in [0.25, 0.3) is 0 Å². The van der Waals surface area contributed by atoms with Crippen molar-refractivity contribution in [2.45, 2.75) is 6.04 Å². The molecule has 0 radical (unpaired) electrons. The van der Waals surface area contributed by atoms with Crippen LogP contribution in [0.5, 0.6) is 0 Å². The Morgan fingerprint density at radius 1 is 0.944 bits per heavy atom. The molecular weight excluding hydrogens is 222 g/mol. The van der Waals surface area contributed by atoms with Gasteiger partial charge in [-0.2, -0.15) is 0 Å². The first-order valence-electron chi connectivity index (χ1n) is 6.10. The lowest BCUT2D eigenvalue weighted by Crippen LogP contribution is -2.29. The second kappa shape index (κ2) is 4.92. The van der Waals surface area contributed by atoms with Crippen molar-refractivity contribution >= 4 is 11.6 Å². The van der Waals surface area contributed by atoms with Crippen molar-refractivity contribution in [3.8, 4) is 0 Å². The SMILES string of the molecule is c1ccc(NC2=NC[C@H](c3ccccc3)N2)cc1. The summed E-state index contributed by atoms with van der Waals surface area (Å²) in [6, 6.07) is 20.7. The summed E-state index contributed by atoms with van der Waals surface area (Å²) in [6.45, 7) is 0.777. The van der Waals surface area contributed by atoms with Gasteiger partial charge in [0.2, 0.25) is 0 Å². The summed E-state index contributed by atoms with van der Waals surface area (Å²) in [4.78, 5) is 4.48. The molecule has 2 aromatic carbocycles. The van der Waals surface area contributed by atoms with Crippen molar-refractivity contribution in [1.82, 2.24) is 5.32 Å². The lowest BCUT2D eigenvalue weighted by molar-refractivity contribution is 0.709. The van der Waals surface area contributed by atoms with Gasteiger partial charge in [-0.25, -0.2) is 0 Å². The number of hydrogen-bond donors (Lipinski definition) is 2. The van der Waals surface area contributed by atoms with Crippen LogP contribution >= 0.6 is 0 Å². The first-order chi connectivity index (χ1) is 8.92. The van der Waals surface area contributed by atoms with E-state index >= 15 is 0 Å². The van der Waals surface area contributed by atoms with Crippen LogP contribution in [-0.4, -0.2) is 12.5 Å². The molecule has 0 spiro atoms. The number of guanidine groups is 1. The van der Waals surface area contributed by atoms with Gasteiger partial charge in [0.15, 0.2) is 5.96 Å². The molecule has 90 valence electrons. The lowest BCUT2D eigenvalue weighted by atomic mass is 10.1. The third-order valence-electron chi connectivity index (χ3n) is 2.98. The van der Waals surface area contributed by atoms with Crippen LogP contribution in [0.1, 0.15) is 11.6 Å². The molecule has 0 saturated heterocycles. The zero-order valence-corrected chi connectivity index (χ0v) is 10.0. The van der Waals surface area contributed by atoms with Gasteiger partial charge >= 0.3 is 0 Å². The van der Waals surface area contributed by atoms with Gasteiger partial charge in [-0.05, 0) is 17.7 Å². The van der Waals surface area contributed by atoms with E-state index in [-0.39, 0.29) is 6.04 Å². The summed E-state index contributed by atoms with van der Waals surface area (Å²) in [7, 11) is 0. The Morgan fingerprint density at radius 2 is 1.61 bits per heavy atom. The minimum absolute atomic E-state index is 0.275. The normalized spacial score (nSPS) is 18.0. The topological polar surface area (TPSA) is 36.4 Å². The molecule has 0 fully saturated rings. The van der Waals surface area contributed by atoms with E-state index in [2.05, 4.69) is 39.9 Å². The van der Waals surface area contributed by atoms with Crippen LogP contribution in [0.4, 0.5) is 5.69 Å². The number of aliphatic imine (C=N–C) groups is 1.